The normalized spacial score (nSPS) is 15.0. The van der Waals surface area contributed by atoms with E-state index >= 15 is 0 Å². The lowest BCUT2D eigenvalue weighted by atomic mass is 10.1. The van der Waals surface area contributed by atoms with Crippen molar-refractivity contribution in [3.8, 4) is 5.88 Å². The van der Waals surface area contributed by atoms with Crippen molar-refractivity contribution in [3.63, 3.8) is 0 Å². The predicted octanol–water partition coefficient (Wildman–Crippen LogP) is 2.58. The van der Waals surface area contributed by atoms with Crippen molar-refractivity contribution in [2.45, 2.75) is 39.7 Å². The second-order valence-corrected chi connectivity index (χ2v) is 6.29. The van der Waals surface area contributed by atoms with Crippen LogP contribution in [0.3, 0.4) is 0 Å². The third-order valence-electron chi connectivity index (χ3n) is 3.66. The Morgan fingerprint density at radius 1 is 1.41 bits per heavy atom. The van der Waals surface area contributed by atoms with Crippen molar-refractivity contribution in [1.29, 1.82) is 0 Å². The van der Waals surface area contributed by atoms with Crippen LogP contribution in [0.4, 0.5) is 0 Å². The van der Waals surface area contributed by atoms with Crippen molar-refractivity contribution >= 4 is 5.96 Å². The van der Waals surface area contributed by atoms with Gasteiger partial charge in [0.2, 0.25) is 5.88 Å². The van der Waals surface area contributed by atoms with E-state index in [4.69, 9.17) is 4.74 Å². The van der Waals surface area contributed by atoms with Crippen LogP contribution in [0.15, 0.2) is 23.3 Å². The predicted molar refractivity (Wildman–Crippen MR) is 90.1 cm³/mol. The fourth-order valence-corrected chi connectivity index (χ4v) is 2.01. The minimum Gasteiger partial charge on any atom is -0.477 e. The Kier molecular flexibility index (Phi) is 6.49. The summed E-state index contributed by atoms with van der Waals surface area (Å²) >= 11 is 0. The average Bonchev–Trinajstić information content (AvgIpc) is 3.33. The Morgan fingerprint density at radius 2 is 2.23 bits per heavy atom. The molecule has 0 aromatic carbocycles. The zero-order valence-electron chi connectivity index (χ0n) is 13.9. The maximum absolute atomic E-state index is 5.71. The molecule has 0 atom stereocenters. The van der Waals surface area contributed by atoms with E-state index < -0.39 is 0 Å². The van der Waals surface area contributed by atoms with Crippen LogP contribution in [0, 0.1) is 11.8 Å². The van der Waals surface area contributed by atoms with Crippen LogP contribution in [-0.2, 0) is 6.54 Å². The quantitative estimate of drug-likeness (QED) is 0.572. The summed E-state index contributed by atoms with van der Waals surface area (Å²) in [4.78, 5) is 8.50. The summed E-state index contributed by atoms with van der Waals surface area (Å²) in [6.07, 6.45) is 5.52. The highest BCUT2D eigenvalue weighted by molar-refractivity contribution is 5.79. The van der Waals surface area contributed by atoms with E-state index in [0.717, 1.165) is 37.0 Å². The van der Waals surface area contributed by atoms with Gasteiger partial charge in [0.05, 0.1) is 6.61 Å². The first-order chi connectivity index (χ1) is 10.7. The zero-order chi connectivity index (χ0) is 15.8. The average molecular weight is 304 g/mol. The van der Waals surface area contributed by atoms with Gasteiger partial charge < -0.3 is 15.4 Å². The molecule has 0 spiro atoms. The van der Waals surface area contributed by atoms with Gasteiger partial charge in [0.15, 0.2) is 5.96 Å². The van der Waals surface area contributed by atoms with Gasteiger partial charge in [0, 0.05) is 32.4 Å². The molecule has 1 saturated carbocycles. The van der Waals surface area contributed by atoms with Crippen molar-refractivity contribution < 1.29 is 4.74 Å². The molecular formula is C17H28N4O. The molecule has 122 valence electrons. The molecule has 1 aliphatic carbocycles. The standard InChI is InChI=1S/C17H28N4O/c1-13(2)6-8-20-17(18-3)21-11-15-7-9-19-16(10-15)22-12-14-4-5-14/h7,9-10,13-14H,4-6,8,11-12H2,1-3H3,(H2,18,20,21). The highest BCUT2D eigenvalue weighted by atomic mass is 16.5. The highest BCUT2D eigenvalue weighted by Gasteiger charge is 2.22. The van der Waals surface area contributed by atoms with E-state index in [1.54, 1.807) is 13.2 Å². The summed E-state index contributed by atoms with van der Waals surface area (Å²) in [5.41, 5.74) is 1.15. The fourth-order valence-electron chi connectivity index (χ4n) is 2.01. The molecule has 0 amide bonds. The van der Waals surface area contributed by atoms with E-state index in [0.29, 0.717) is 18.3 Å². The van der Waals surface area contributed by atoms with Crippen LogP contribution in [-0.4, -0.2) is 31.1 Å². The highest BCUT2D eigenvalue weighted by Crippen LogP contribution is 2.29. The van der Waals surface area contributed by atoms with E-state index in [-0.39, 0.29) is 0 Å². The molecule has 5 nitrogen and oxygen atoms in total. The van der Waals surface area contributed by atoms with Gasteiger partial charge in [-0.05, 0) is 42.7 Å². The van der Waals surface area contributed by atoms with Gasteiger partial charge in [-0.15, -0.1) is 0 Å². The summed E-state index contributed by atoms with van der Waals surface area (Å²) in [6.45, 7) is 6.88. The lowest BCUT2D eigenvalue weighted by Gasteiger charge is -2.13. The maximum Gasteiger partial charge on any atom is 0.213 e. The molecular weight excluding hydrogens is 276 g/mol. The molecule has 1 fully saturated rings. The van der Waals surface area contributed by atoms with Gasteiger partial charge in [-0.3, -0.25) is 4.99 Å². The first-order valence-electron chi connectivity index (χ1n) is 8.19. The third kappa shape index (κ3) is 6.33. The van der Waals surface area contributed by atoms with Crippen molar-refractivity contribution in [2.24, 2.45) is 16.8 Å². The summed E-state index contributed by atoms with van der Waals surface area (Å²) in [5.74, 6) is 2.98. The van der Waals surface area contributed by atoms with Crippen LogP contribution in [0.5, 0.6) is 5.88 Å². The Balaban J connectivity index is 1.75. The van der Waals surface area contributed by atoms with Gasteiger partial charge in [-0.2, -0.15) is 0 Å². The summed E-state index contributed by atoms with van der Waals surface area (Å²) in [6, 6.07) is 4.00. The second kappa shape index (κ2) is 8.61. The number of nitrogens with zero attached hydrogens (tertiary/aromatic N) is 2. The van der Waals surface area contributed by atoms with Crippen LogP contribution >= 0.6 is 0 Å². The van der Waals surface area contributed by atoms with Gasteiger partial charge in [-0.25, -0.2) is 4.98 Å². The van der Waals surface area contributed by atoms with Gasteiger partial charge in [0.25, 0.3) is 0 Å². The minimum absolute atomic E-state index is 0.692. The van der Waals surface area contributed by atoms with Crippen LogP contribution in [0.1, 0.15) is 38.7 Å². The molecule has 1 heterocycles. The number of pyridine rings is 1. The summed E-state index contributed by atoms with van der Waals surface area (Å²) < 4.78 is 5.71. The minimum atomic E-state index is 0.692. The van der Waals surface area contributed by atoms with E-state index in [1.807, 2.05) is 12.1 Å². The number of nitrogens with one attached hydrogen (secondary N) is 2. The second-order valence-electron chi connectivity index (χ2n) is 6.29. The number of ether oxygens (including phenoxy) is 1. The Bertz CT molecular complexity index is 483. The molecule has 1 aliphatic rings. The molecule has 0 unspecified atom stereocenters. The fraction of sp³-hybridized carbons (Fsp3) is 0.647. The third-order valence-corrected chi connectivity index (χ3v) is 3.66. The Labute approximate surface area is 133 Å². The molecule has 5 heteroatoms. The molecule has 1 aromatic heterocycles. The molecule has 2 N–H and O–H groups in total. The molecule has 22 heavy (non-hydrogen) atoms. The van der Waals surface area contributed by atoms with E-state index in [1.165, 1.54) is 12.8 Å². The number of rotatable bonds is 8. The molecule has 0 aliphatic heterocycles. The van der Waals surface area contributed by atoms with Gasteiger partial charge in [-0.1, -0.05) is 13.8 Å². The van der Waals surface area contributed by atoms with E-state index in [2.05, 4.69) is 34.5 Å². The largest absolute Gasteiger partial charge is 0.477 e. The lowest BCUT2D eigenvalue weighted by molar-refractivity contribution is 0.288. The monoisotopic (exact) mass is 304 g/mol. The number of hydrogen-bond acceptors (Lipinski definition) is 3. The molecule has 1 aromatic rings. The number of aromatic nitrogens is 1. The van der Waals surface area contributed by atoms with Gasteiger partial charge >= 0.3 is 0 Å². The number of guanidine groups is 1. The van der Waals surface area contributed by atoms with Crippen LogP contribution < -0.4 is 15.4 Å². The lowest BCUT2D eigenvalue weighted by Crippen LogP contribution is -2.37. The summed E-state index contributed by atoms with van der Waals surface area (Å²) in [7, 11) is 1.79. The molecule has 2 rings (SSSR count). The van der Waals surface area contributed by atoms with Crippen molar-refractivity contribution in [2.75, 3.05) is 20.2 Å². The first kappa shape index (κ1) is 16.6. The molecule has 0 saturated heterocycles. The van der Waals surface area contributed by atoms with Crippen molar-refractivity contribution in [1.82, 2.24) is 15.6 Å². The van der Waals surface area contributed by atoms with Gasteiger partial charge in [0.1, 0.15) is 0 Å². The maximum atomic E-state index is 5.71. The smallest absolute Gasteiger partial charge is 0.213 e. The zero-order valence-corrected chi connectivity index (χ0v) is 13.9. The first-order valence-corrected chi connectivity index (χ1v) is 8.19. The number of aliphatic imine (C=N–C) groups is 1. The number of hydrogen-bond donors (Lipinski definition) is 2. The van der Waals surface area contributed by atoms with Crippen LogP contribution in [0.25, 0.3) is 0 Å². The van der Waals surface area contributed by atoms with Crippen molar-refractivity contribution in [3.05, 3.63) is 23.9 Å². The molecule has 0 radical (unpaired) electrons. The van der Waals surface area contributed by atoms with E-state index in [9.17, 15) is 0 Å². The SMILES string of the molecule is CN=C(NCCC(C)C)NCc1ccnc(OCC2CC2)c1. The topological polar surface area (TPSA) is 58.5 Å². The summed E-state index contributed by atoms with van der Waals surface area (Å²) in [5, 5.41) is 6.65. The Morgan fingerprint density at radius 3 is 2.91 bits per heavy atom. The van der Waals surface area contributed by atoms with Crippen LogP contribution in [0.2, 0.25) is 0 Å². The molecule has 0 bridgehead atoms. The Hall–Kier alpha value is -1.78.